The Morgan fingerprint density at radius 2 is 0.320 bits per heavy atom. The summed E-state index contributed by atoms with van der Waals surface area (Å²) in [7, 11) is 66.4. The maximum absolute atomic E-state index is 7.24. The molecule has 0 unspecified atom stereocenters. The Morgan fingerprint density at radius 1 is 0.120 bits per heavy atom. The van der Waals surface area contributed by atoms with Gasteiger partial charge in [-0.3, -0.25) is 0 Å². The molecule has 0 N–H and O–H groups in total. The Labute approximate surface area is 472 Å². The third-order valence-corrected chi connectivity index (χ3v) is 21.7. The van der Waals surface area contributed by atoms with E-state index in [1.807, 2.05) is 0 Å². The fourth-order valence-electron chi connectivity index (χ4n) is 15.1. The van der Waals surface area contributed by atoms with Crippen molar-refractivity contribution in [3.63, 3.8) is 0 Å². The van der Waals surface area contributed by atoms with Crippen molar-refractivity contribution in [3.8, 4) is 33.4 Å². The average molecular weight is 928 g/mol. The molecule has 10 rings (SSSR count). The minimum absolute atomic E-state index is 1.03. The van der Waals surface area contributed by atoms with E-state index in [-0.39, 0.29) is 0 Å². The van der Waals surface area contributed by atoms with Gasteiger partial charge in [0, 0.05) is 10.8 Å². The lowest BCUT2D eigenvalue weighted by Crippen LogP contribution is -2.52. The smallest absolute Gasteiger partial charge is 0.143 e. The van der Waals surface area contributed by atoms with E-state index in [4.69, 9.17) is 4.42 Å². The van der Waals surface area contributed by atoms with Crippen LogP contribution in [0.25, 0.3) is 98.4 Å². The predicted molar refractivity (Wildman–Crippen MR) is 429 cm³/mol. The molecule has 10 aromatic rings. The molecule has 75 heavy (non-hydrogen) atoms. The molecule has 9 aromatic carbocycles. The van der Waals surface area contributed by atoms with Gasteiger partial charge in [0.25, 0.3) is 0 Å². The molecule has 330 valence electrons. The summed E-state index contributed by atoms with van der Waals surface area (Å²) >= 11 is 0. The summed E-state index contributed by atoms with van der Waals surface area (Å²) in [5.74, 6) is 0. The minimum atomic E-state index is 1.03. The van der Waals surface area contributed by atoms with Gasteiger partial charge in [0.2, 0.25) is 0 Å². The fourth-order valence-corrected chi connectivity index (χ4v) is 15.1. The van der Waals surface area contributed by atoms with Gasteiger partial charge in [0.15, 0.2) is 0 Å². The topological polar surface area (TPSA) is 13.1 Å². The highest BCUT2D eigenvalue weighted by molar-refractivity contribution is 6.78. The van der Waals surface area contributed by atoms with Crippen LogP contribution in [0.4, 0.5) is 0 Å². The second kappa shape index (κ2) is 18.1. The molecule has 0 fully saturated rings. The quantitative estimate of drug-likeness (QED) is 0.0978. The van der Waals surface area contributed by atoms with Gasteiger partial charge < -0.3 is 4.42 Å². The molecule has 0 saturated carbocycles. The van der Waals surface area contributed by atoms with E-state index in [2.05, 4.69) is 220 Å². The lowest BCUT2D eigenvalue weighted by atomic mass is 9.55. The first-order chi connectivity index (χ1) is 35.0. The number of fused-ring (bicyclic) bond motifs is 8. The average Bonchev–Trinajstić information content (AvgIpc) is 3.78. The Hall–Kier alpha value is -4.36. The van der Waals surface area contributed by atoms with Crippen LogP contribution in [0.5, 0.6) is 0 Å². The third kappa shape index (κ3) is 6.85. The van der Waals surface area contributed by atoms with E-state index >= 15 is 0 Å². The molecular weight excluding hydrogens is 871 g/mol. The molecule has 0 saturated heterocycles. The van der Waals surface area contributed by atoms with Crippen molar-refractivity contribution >= 4 is 438 Å². The number of hydrogen-bond acceptors (Lipinski definition) is 1. The lowest BCUT2D eigenvalue weighted by Gasteiger charge is -2.32. The van der Waals surface area contributed by atoms with Crippen molar-refractivity contribution in [2.75, 3.05) is 0 Å². The second-order valence-corrected chi connectivity index (χ2v) is 24.3. The van der Waals surface area contributed by atoms with Crippen LogP contribution in [0.3, 0.4) is 0 Å². The van der Waals surface area contributed by atoms with Crippen LogP contribution in [0.15, 0.2) is 4.42 Å². The first-order valence-corrected chi connectivity index (χ1v) is 27.9. The maximum Gasteiger partial charge on any atom is 0.143 e. The number of furan rings is 1. The van der Waals surface area contributed by atoms with Crippen molar-refractivity contribution in [1.82, 2.24) is 0 Å². The van der Waals surface area contributed by atoms with Crippen molar-refractivity contribution in [3.05, 3.63) is 0 Å². The van der Waals surface area contributed by atoms with Gasteiger partial charge in [0.05, 0.1) is 0 Å². The third-order valence-electron chi connectivity index (χ3n) is 21.7. The number of benzene rings is 9. The summed E-state index contributed by atoms with van der Waals surface area (Å²) < 4.78 is 7.24. The van der Waals surface area contributed by atoms with E-state index < -0.39 is 0 Å². The molecule has 0 aliphatic carbocycles. The van der Waals surface area contributed by atoms with Gasteiger partial charge in [-0.1, -0.05) is 115 Å². The molecule has 1 nitrogen and oxygen atoms in total. The minimum Gasteiger partial charge on any atom is -0.457 e. The van der Waals surface area contributed by atoms with Gasteiger partial charge in [-0.2, -0.15) is 0 Å². The predicted octanol–water partition coefficient (Wildman–Crippen LogP) is -35.6. The van der Waals surface area contributed by atoms with Gasteiger partial charge in [-0.25, -0.2) is 0 Å². The summed E-state index contributed by atoms with van der Waals surface area (Å²) in [6, 6.07) is 0. The molecule has 0 aliphatic heterocycles. The zero-order chi connectivity index (χ0) is 55.3. The van der Waals surface area contributed by atoms with Gasteiger partial charge >= 0.3 is 0 Å². The zero-order valence-electron chi connectivity index (χ0n) is 51.4. The summed E-state index contributed by atoms with van der Waals surface area (Å²) in [6.45, 7) is 0. The molecule has 0 amide bonds. The van der Waals surface area contributed by atoms with Crippen molar-refractivity contribution in [2.45, 2.75) is 0 Å². The lowest BCUT2D eigenvalue weighted by molar-refractivity contribution is 0.675. The van der Waals surface area contributed by atoms with Crippen molar-refractivity contribution < 1.29 is 4.42 Å². The molecule has 0 spiro atoms. The van der Waals surface area contributed by atoms with Gasteiger partial charge in [0.1, 0.15) is 231 Å². The molecule has 1 heterocycles. The fraction of sp³-hybridized carbons (Fsp3) is 0. The maximum atomic E-state index is 7.24. The van der Waals surface area contributed by atoms with E-state index in [9.17, 15) is 0 Å². The Kier molecular flexibility index (Phi) is 13.0. The number of hydrogen-bond donors (Lipinski definition) is 0. The van der Waals surface area contributed by atoms with Crippen molar-refractivity contribution in [2.24, 2.45) is 0 Å². The van der Waals surface area contributed by atoms with Crippen LogP contribution >= 0.6 is 0 Å². The van der Waals surface area contributed by atoms with Crippen LogP contribution < -0.4 is 153 Å². The standard InChI is InChI=1S/C46H56B28O/c47-17-12-8(9-13(28(58)27(12)57)32(62)39(69)38(68)24(9)54)18(48)29(59)14(17)15-30(60)25(55)11(26(56)31(15)61)2-5-3(19(49)34(64)36(66)21(5)51)1(4-6(2)22(52)37(67)35(65)20(4)50)7-10-16-33(63)40(70)42(72)44(74)46(16)75-45(10)43(73)41(71)23(7)53/h47-74H2. The Balaban J connectivity index is 1.44. The summed E-state index contributed by atoms with van der Waals surface area (Å²) in [6.07, 6.45) is 0. The molecule has 0 bridgehead atoms. The zero-order valence-corrected chi connectivity index (χ0v) is 51.4. The van der Waals surface area contributed by atoms with E-state index in [0.717, 1.165) is 11.2 Å². The van der Waals surface area contributed by atoms with E-state index in [1.165, 1.54) is 240 Å². The highest BCUT2D eigenvalue weighted by atomic mass is 16.3. The Morgan fingerprint density at radius 3 is 0.707 bits per heavy atom. The van der Waals surface area contributed by atoms with Gasteiger partial charge in [-0.15, -0.1) is 38.2 Å². The first-order valence-electron chi connectivity index (χ1n) is 27.9. The largest absolute Gasteiger partial charge is 0.457 e. The van der Waals surface area contributed by atoms with Crippen LogP contribution in [-0.2, 0) is 0 Å². The Bertz CT molecular complexity index is 4330. The molecule has 29 heteroatoms. The molecule has 0 radical (unpaired) electrons. The first kappa shape index (κ1) is 54.0. The monoisotopic (exact) mass is 933 g/mol. The van der Waals surface area contributed by atoms with E-state index in [0.29, 0.717) is 0 Å². The molecular formula is C46H56B28O. The molecule has 0 atom stereocenters. The van der Waals surface area contributed by atoms with Gasteiger partial charge in [-0.05, 0) is 76.5 Å². The van der Waals surface area contributed by atoms with Crippen LogP contribution in [-0.4, -0.2) is 220 Å². The molecule has 0 aliphatic rings. The normalized spacial score (nSPS) is 11.9. The SMILES string of the molecule is Bc1c(B)c(-c2c3c(B)c(B)c(B)c(B)c3c(-c3c(B)c(B)c(B)c4oc5c(B)c(B)c(B)c(B)c5c34)c3c(B)c(B)c(B)c(B)c23)c(B)c(B)c1-c1c(B)c(B)c2c(c1B)c(B)c(B)c1c(B)c(B)c(B)c(B)c12. The van der Waals surface area contributed by atoms with Crippen LogP contribution in [0.1, 0.15) is 0 Å². The summed E-state index contributed by atoms with van der Waals surface area (Å²) in [4.78, 5) is 0. The second-order valence-electron chi connectivity index (χ2n) is 24.3. The summed E-state index contributed by atoms with van der Waals surface area (Å²) in [5.41, 5.74) is 48.7. The van der Waals surface area contributed by atoms with E-state index in [1.54, 1.807) is 0 Å². The highest BCUT2D eigenvalue weighted by Crippen LogP contribution is 2.42. The summed E-state index contributed by atoms with van der Waals surface area (Å²) in [5, 5.41) is 13.9. The highest BCUT2D eigenvalue weighted by Gasteiger charge is 2.32. The van der Waals surface area contributed by atoms with Crippen LogP contribution in [0, 0.1) is 0 Å². The van der Waals surface area contributed by atoms with Crippen molar-refractivity contribution in [1.29, 1.82) is 0 Å². The number of rotatable bonds is 3. The van der Waals surface area contributed by atoms with Crippen LogP contribution in [0.2, 0.25) is 0 Å². The molecule has 1 aromatic heterocycles.